The van der Waals surface area contributed by atoms with Crippen molar-refractivity contribution in [3.8, 4) is 5.88 Å². The van der Waals surface area contributed by atoms with E-state index in [1.165, 1.54) is 19.3 Å². The zero-order chi connectivity index (χ0) is 17.8. The quantitative estimate of drug-likeness (QED) is 0.548. The van der Waals surface area contributed by atoms with Crippen molar-refractivity contribution in [2.75, 3.05) is 13.2 Å². The van der Waals surface area contributed by atoms with E-state index in [0.717, 1.165) is 25.7 Å². The molecule has 0 radical (unpaired) electrons. The molecule has 0 unspecified atom stereocenters. The van der Waals surface area contributed by atoms with E-state index >= 15 is 0 Å². The molecule has 0 saturated heterocycles. The highest BCUT2D eigenvalue weighted by Gasteiger charge is 2.19. The molecule has 0 fully saturated rings. The number of hydrogen-bond donors (Lipinski definition) is 1. The molecule has 1 heterocycles. The van der Waals surface area contributed by atoms with Crippen molar-refractivity contribution in [2.24, 2.45) is 5.41 Å². The molecular formula is C20H34N2O2. The van der Waals surface area contributed by atoms with E-state index in [-0.39, 0.29) is 5.91 Å². The minimum Gasteiger partial charge on any atom is -0.478 e. The van der Waals surface area contributed by atoms with Crippen LogP contribution in [0.1, 0.15) is 83.0 Å². The van der Waals surface area contributed by atoms with Gasteiger partial charge >= 0.3 is 0 Å². The predicted octanol–water partition coefficient (Wildman–Crippen LogP) is 4.99. The van der Waals surface area contributed by atoms with E-state index in [1.54, 1.807) is 18.3 Å². The second-order valence-electron chi connectivity index (χ2n) is 6.82. The smallest absolute Gasteiger partial charge is 0.252 e. The number of amides is 1. The minimum atomic E-state index is -0.0634. The fraction of sp³-hybridized carbons (Fsp3) is 0.700. The zero-order valence-corrected chi connectivity index (χ0v) is 15.9. The van der Waals surface area contributed by atoms with Crippen molar-refractivity contribution >= 4 is 5.91 Å². The maximum atomic E-state index is 12.2. The Balaban J connectivity index is 2.35. The maximum absolute atomic E-state index is 12.2. The van der Waals surface area contributed by atoms with Gasteiger partial charge in [-0.3, -0.25) is 4.79 Å². The first-order valence-electron chi connectivity index (χ1n) is 9.41. The SMILES string of the molecule is CCCCCCOc1ccc(C(=O)NCCC(C)(CC)CC)cn1. The molecule has 1 amide bonds. The number of hydrogen-bond acceptors (Lipinski definition) is 3. The molecule has 0 saturated carbocycles. The van der Waals surface area contributed by atoms with Crippen LogP contribution in [0.5, 0.6) is 5.88 Å². The lowest BCUT2D eigenvalue weighted by Gasteiger charge is -2.26. The lowest BCUT2D eigenvalue weighted by molar-refractivity contribution is 0.0946. The normalized spacial score (nSPS) is 11.3. The molecule has 0 aliphatic heterocycles. The summed E-state index contributed by atoms with van der Waals surface area (Å²) in [6, 6.07) is 3.56. The van der Waals surface area contributed by atoms with Crippen LogP contribution in [0.25, 0.3) is 0 Å². The van der Waals surface area contributed by atoms with Crippen molar-refractivity contribution in [2.45, 2.75) is 72.6 Å². The van der Waals surface area contributed by atoms with Crippen LogP contribution >= 0.6 is 0 Å². The molecule has 136 valence electrons. The highest BCUT2D eigenvalue weighted by atomic mass is 16.5. The van der Waals surface area contributed by atoms with E-state index < -0.39 is 0 Å². The van der Waals surface area contributed by atoms with Gasteiger partial charge in [-0.15, -0.1) is 0 Å². The van der Waals surface area contributed by atoms with Gasteiger partial charge in [0.15, 0.2) is 0 Å². The summed E-state index contributed by atoms with van der Waals surface area (Å²) >= 11 is 0. The molecule has 0 bridgehead atoms. The Morgan fingerprint density at radius 3 is 2.50 bits per heavy atom. The van der Waals surface area contributed by atoms with Gasteiger partial charge in [-0.2, -0.15) is 0 Å². The number of pyridine rings is 1. The van der Waals surface area contributed by atoms with Crippen LogP contribution in [0.3, 0.4) is 0 Å². The Kier molecular flexibility index (Phi) is 9.43. The Morgan fingerprint density at radius 1 is 1.17 bits per heavy atom. The van der Waals surface area contributed by atoms with Crippen LogP contribution in [0.4, 0.5) is 0 Å². The molecule has 0 aromatic carbocycles. The van der Waals surface area contributed by atoms with E-state index in [1.807, 2.05) is 0 Å². The van der Waals surface area contributed by atoms with Gasteiger partial charge in [0.1, 0.15) is 0 Å². The zero-order valence-electron chi connectivity index (χ0n) is 15.9. The lowest BCUT2D eigenvalue weighted by Crippen LogP contribution is -2.28. The molecule has 0 spiro atoms. The van der Waals surface area contributed by atoms with Crippen molar-refractivity contribution in [3.05, 3.63) is 23.9 Å². The molecule has 1 aromatic rings. The Hall–Kier alpha value is -1.58. The molecule has 1 rings (SSSR count). The second kappa shape index (κ2) is 11.1. The van der Waals surface area contributed by atoms with Crippen LogP contribution < -0.4 is 10.1 Å². The molecule has 4 heteroatoms. The third-order valence-electron chi connectivity index (χ3n) is 4.97. The Morgan fingerprint density at radius 2 is 1.92 bits per heavy atom. The molecule has 4 nitrogen and oxygen atoms in total. The van der Waals surface area contributed by atoms with Gasteiger partial charge in [-0.25, -0.2) is 4.98 Å². The largest absolute Gasteiger partial charge is 0.478 e. The summed E-state index contributed by atoms with van der Waals surface area (Å²) < 4.78 is 5.60. The fourth-order valence-corrected chi connectivity index (χ4v) is 2.49. The van der Waals surface area contributed by atoms with Gasteiger partial charge < -0.3 is 10.1 Å². The molecule has 24 heavy (non-hydrogen) atoms. The fourth-order valence-electron chi connectivity index (χ4n) is 2.49. The van der Waals surface area contributed by atoms with Gasteiger partial charge in [0, 0.05) is 18.8 Å². The Bertz CT molecular complexity index is 467. The topological polar surface area (TPSA) is 51.2 Å². The Labute approximate surface area is 147 Å². The van der Waals surface area contributed by atoms with Crippen molar-refractivity contribution in [1.82, 2.24) is 10.3 Å². The number of aromatic nitrogens is 1. The van der Waals surface area contributed by atoms with Crippen LogP contribution in [0.2, 0.25) is 0 Å². The third kappa shape index (κ3) is 7.33. The number of carbonyl (C=O) groups is 1. The molecule has 0 aliphatic rings. The summed E-state index contributed by atoms with van der Waals surface area (Å²) in [6.45, 7) is 10.3. The summed E-state index contributed by atoms with van der Waals surface area (Å²) in [5, 5.41) is 2.99. The van der Waals surface area contributed by atoms with Gasteiger partial charge in [-0.1, -0.05) is 59.8 Å². The molecule has 1 N–H and O–H groups in total. The predicted molar refractivity (Wildman–Crippen MR) is 99.5 cm³/mol. The average Bonchev–Trinajstić information content (AvgIpc) is 2.61. The van der Waals surface area contributed by atoms with Crippen molar-refractivity contribution in [3.63, 3.8) is 0 Å². The van der Waals surface area contributed by atoms with E-state index in [0.29, 0.717) is 30.0 Å². The van der Waals surface area contributed by atoms with Crippen molar-refractivity contribution in [1.29, 1.82) is 0 Å². The van der Waals surface area contributed by atoms with Gasteiger partial charge in [-0.05, 0) is 24.3 Å². The minimum absolute atomic E-state index is 0.0634. The van der Waals surface area contributed by atoms with Crippen LogP contribution in [-0.4, -0.2) is 24.0 Å². The first kappa shape index (κ1) is 20.5. The summed E-state index contributed by atoms with van der Waals surface area (Å²) in [6.07, 6.45) is 9.55. The summed E-state index contributed by atoms with van der Waals surface area (Å²) in [4.78, 5) is 16.4. The van der Waals surface area contributed by atoms with Gasteiger partial charge in [0.05, 0.1) is 12.2 Å². The summed E-state index contributed by atoms with van der Waals surface area (Å²) in [7, 11) is 0. The number of carbonyl (C=O) groups excluding carboxylic acids is 1. The summed E-state index contributed by atoms with van der Waals surface area (Å²) in [5.41, 5.74) is 0.893. The molecule has 0 atom stereocenters. The highest BCUT2D eigenvalue weighted by molar-refractivity contribution is 5.93. The molecular weight excluding hydrogens is 300 g/mol. The highest BCUT2D eigenvalue weighted by Crippen LogP contribution is 2.28. The summed E-state index contributed by atoms with van der Waals surface area (Å²) in [5.74, 6) is 0.527. The number of nitrogens with zero attached hydrogens (tertiary/aromatic N) is 1. The van der Waals surface area contributed by atoms with E-state index in [2.05, 4.69) is 38.0 Å². The van der Waals surface area contributed by atoms with Gasteiger partial charge in [0.25, 0.3) is 5.91 Å². The monoisotopic (exact) mass is 334 g/mol. The van der Waals surface area contributed by atoms with Crippen molar-refractivity contribution < 1.29 is 9.53 Å². The van der Waals surface area contributed by atoms with Crippen LogP contribution in [0, 0.1) is 5.41 Å². The number of ether oxygens (including phenoxy) is 1. The maximum Gasteiger partial charge on any atom is 0.252 e. The molecule has 1 aromatic heterocycles. The number of rotatable bonds is 12. The standard InChI is InChI=1S/C20H34N2O2/c1-5-8-9-10-15-24-18-12-11-17(16-22-18)19(23)21-14-13-20(4,6-2)7-3/h11-12,16H,5-10,13-15H2,1-4H3,(H,21,23). The second-order valence-corrected chi connectivity index (χ2v) is 6.82. The first-order chi connectivity index (χ1) is 11.5. The van der Waals surface area contributed by atoms with Crippen LogP contribution in [-0.2, 0) is 0 Å². The van der Waals surface area contributed by atoms with E-state index in [4.69, 9.17) is 4.74 Å². The van der Waals surface area contributed by atoms with Gasteiger partial charge in [0.2, 0.25) is 5.88 Å². The number of nitrogens with one attached hydrogen (secondary N) is 1. The number of unbranched alkanes of at least 4 members (excludes halogenated alkanes) is 3. The first-order valence-corrected chi connectivity index (χ1v) is 9.41. The molecule has 0 aliphatic carbocycles. The van der Waals surface area contributed by atoms with Crippen LogP contribution in [0.15, 0.2) is 18.3 Å². The van der Waals surface area contributed by atoms with E-state index in [9.17, 15) is 4.79 Å². The third-order valence-corrected chi connectivity index (χ3v) is 4.97. The average molecular weight is 335 g/mol. The lowest BCUT2D eigenvalue weighted by atomic mass is 9.81.